The molecule has 0 aliphatic heterocycles. The number of rotatable bonds is 5. The molecule has 0 aliphatic rings. The third-order valence-corrected chi connectivity index (χ3v) is 4.67. The minimum Gasteiger partial charge on any atom is -0.376 e. The van der Waals surface area contributed by atoms with Gasteiger partial charge < -0.3 is 10.2 Å². The van der Waals surface area contributed by atoms with E-state index >= 15 is 0 Å². The number of aryl methyl sites for hydroxylation is 2. The number of alkyl halides is 3. The molecule has 0 unspecified atom stereocenters. The first-order chi connectivity index (χ1) is 13.6. The molecule has 0 spiro atoms. The summed E-state index contributed by atoms with van der Waals surface area (Å²) in [7, 11) is 3.40. The molecule has 1 aromatic carbocycles. The number of nitrogens with zero attached hydrogens (tertiary/aromatic N) is 5. The minimum atomic E-state index is -4.49. The van der Waals surface area contributed by atoms with E-state index < -0.39 is 11.7 Å². The first-order valence-electron chi connectivity index (χ1n) is 8.92. The summed E-state index contributed by atoms with van der Waals surface area (Å²) in [6, 6.07) is 3.29. The van der Waals surface area contributed by atoms with Crippen LogP contribution in [0.25, 0.3) is 5.78 Å². The van der Waals surface area contributed by atoms with Gasteiger partial charge in [-0.2, -0.15) is 23.3 Å². The zero-order chi connectivity index (χ0) is 21.3. The highest BCUT2D eigenvalue weighted by molar-refractivity contribution is 5.94. The van der Waals surface area contributed by atoms with Crippen molar-refractivity contribution in [1.82, 2.24) is 19.6 Å². The predicted molar refractivity (Wildman–Crippen MR) is 103 cm³/mol. The summed E-state index contributed by atoms with van der Waals surface area (Å²) in [4.78, 5) is 22.5. The van der Waals surface area contributed by atoms with Crippen molar-refractivity contribution >= 4 is 23.1 Å². The second kappa shape index (κ2) is 7.69. The van der Waals surface area contributed by atoms with Gasteiger partial charge in [0.05, 0.1) is 16.9 Å². The van der Waals surface area contributed by atoms with Gasteiger partial charge in [-0.15, -0.1) is 0 Å². The quantitative estimate of drug-likeness (QED) is 0.703. The zero-order valence-corrected chi connectivity index (χ0v) is 16.5. The maximum atomic E-state index is 13.1. The van der Waals surface area contributed by atoms with Gasteiger partial charge in [0, 0.05) is 31.9 Å². The maximum Gasteiger partial charge on any atom is 0.416 e. The summed E-state index contributed by atoms with van der Waals surface area (Å²) >= 11 is 0. The number of carbonyl (C=O) groups is 1. The lowest BCUT2D eigenvalue weighted by Crippen LogP contribution is -2.18. The molecule has 0 fully saturated rings. The molecule has 0 aliphatic carbocycles. The fourth-order valence-electron chi connectivity index (χ4n) is 3.17. The van der Waals surface area contributed by atoms with E-state index in [2.05, 4.69) is 20.4 Å². The summed E-state index contributed by atoms with van der Waals surface area (Å²) in [5.74, 6) is 0.0951. The van der Waals surface area contributed by atoms with E-state index in [1.54, 1.807) is 23.5 Å². The van der Waals surface area contributed by atoms with Gasteiger partial charge in [0.25, 0.3) is 5.78 Å². The molecule has 0 saturated heterocycles. The number of nitrogens with one attached hydrogen (secondary N) is 1. The van der Waals surface area contributed by atoms with Crippen LogP contribution >= 0.6 is 0 Å². The van der Waals surface area contributed by atoms with Gasteiger partial charge in [-0.25, -0.2) is 9.50 Å². The van der Waals surface area contributed by atoms with Crippen LogP contribution in [0.15, 0.2) is 24.5 Å². The molecule has 2 heterocycles. The standard InChI is InChI=1S/C19H21F3N6O/c1-11-14(12(2)28-18(25-11)23-10-24-28)6-8-17(29)26-15-9-13(19(20,21)22)5-7-16(15)27(3)4/h5,7,9-10H,6,8H2,1-4H3,(H,26,29). The average Bonchev–Trinajstić information content (AvgIpc) is 3.09. The summed E-state index contributed by atoms with van der Waals surface area (Å²) in [6.07, 6.45) is -2.62. The van der Waals surface area contributed by atoms with Crippen LogP contribution in [-0.4, -0.2) is 39.6 Å². The summed E-state index contributed by atoms with van der Waals surface area (Å²) in [6.45, 7) is 3.69. The lowest BCUT2D eigenvalue weighted by Gasteiger charge is -2.20. The fraction of sp³-hybridized carbons (Fsp3) is 0.368. The second-order valence-electron chi connectivity index (χ2n) is 6.91. The molecular weight excluding hydrogens is 385 g/mol. The van der Waals surface area contributed by atoms with Crippen LogP contribution in [0.5, 0.6) is 0 Å². The van der Waals surface area contributed by atoms with E-state index in [0.717, 1.165) is 29.1 Å². The molecule has 1 N–H and O–H groups in total. The highest BCUT2D eigenvalue weighted by atomic mass is 19.4. The van der Waals surface area contributed by atoms with Crippen LogP contribution in [-0.2, 0) is 17.4 Å². The molecule has 2 aromatic heterocycles. The van der Waals surface area contributed by atoms with Gasteiger partial charge >= 0.3 is 6.18 Å². The van der Waals surface area contributed by atoms with Crippen molar-refractivity contribution in [3.63, 3.8) is 0 Å². The van der Waals surface area contributed by atoms with Crippen LogP contribution in [0.2, 0.25) is 0 Å². The van der Waals surface area contributed by atoms with E-state index in [4.69, 9.17) is 0 Å². The number of hydrogen-bond acceptors (Lipinski definition) is 5. The van der Waals surface area contributed by atoms with Gasteiger partial charge in [0.15, 0.2) is 0 Å². The van der Waals surface area contributed by atoms with Gasteiger partial charge in [-0.3, -0.25) is 4.79 Å². The number of fused-ring (bicyclic) bond motifs is 1. The smallest absolute Gasteiger partial charge is 0.376 e. The highest BCUT2D eigenvalue weighted by Gasteiger charge is 2.31. The molecule has 0 saturated carbocycles. The van der Waals surface area contributed by atoms with Crippen LogP contribution < -0.4 is 10.2 Å². The Hall–Kier alpha value is -3.17. The molecule has 3 aromatic rings. The number of hydrogen-bond donors (Lipinski definition) is 1. The van der Waals surface area contributed by atoms with Gasteiger partial charge in [0.2, 0.25) is 5.91 Å². The number of halogens is 3. The van der Waals surface area contributed by atoms with E-state index in [0.29, 0.717) is 17.9 Å². The lowest BCUT2D eigenvalue weighted by atomic mass is 10.1. The number of carbonyl (C=O) groups excluding carboxylic acids is 1. The topological polar surface area (TPSA) is 75.4 Å². The largest absolute Gasteiger partial charge is 0.416 e. The van der Waals surface area contributed by atoms with Crippen LogP contribution in [0.4, 0.5) is 24.5 Å². The molecule has 154 valence electrons. The van der Waals surface area contributed by atoms with Crippen molar-refractivity contribution < 1.29 is 18.0 Å². The first kappa shape index (κ1) is 20.6. The molecule has 10 heteroatoms. The Labute approximate surface area is 165 Å². The summed E-state index contributed by atoms with van der Waals surface area (Å²) in [5, 5.41) is 6.72. The Morgan fingerprint density at radius 2 is 1.97 bits per heavy atom. The summed E-state index contributed by atoms with van der Waals surface area (Å²) < 4.78 is 40.7. The van der Waals surface area contributed by atoms with Crippen molar-refractivity contribution in [3.05, 3.63) is 47.0 Å². The molecule has 3 rings (SSSR count). The van der Waals surface area contributed by atoms with E-state index in [1.807, 2.05) is 13.8 Å². The average molecular weight is 406 g/mol. The molecule has 0 radical (unpaired) electrons. The Morgan fingerprint density at radius 1 is 1.24 bits per heavy atom. The van der Waals surface area contributed by atoms with Crippen LogP contribution in [0, 0.1) is 13.8 Å². The number of anilines is 2. The van der Waals surface area contributed by atoms with Gasteiger partial charge in [-0.1, -0.05) is 0 Å². The molecule has 7 nitrogen and oxygen atoms in total. The minimum absolute atomic E-state index is 0.0900. The molecule has 29 heavy (non-hydrogen) atoms. The molecule has 0 bridgehead atoms. The maximum absolute atomic E-state index is 13.1. The van der Waals surface area contributed by atoms with Crippen molar-refractivity contribution in [1.29, 1.82) is 0 Å². The van der Waals surface area contributed by atoms with Gasteiger partial charge in [-0.05, 0) is 44.0 Å². The second-order valence-corrected chi connectivity index (χ2v) is 6.91. The Bertz CT molecular complexity index is 1060. The van der Waals surface area contributed by atoms with Crippen LogP contribution in [0.1, 0.15) is 28.9 Å². The van der Waals surface area contributed by atoms with Gasteiger partial charge in [0.1, 0.15) is 6.33 Å². The highest BCUT2D eigenvalue weighted by Crippen LogP contribution is 2.35. The number of aromatic nitrogens is 4. The number of amides is 1. The zero-order valence-electron chi connectivity index (χ0n) is 16.5. The van der Waals surface area contributed by atoms with Crippen molar-refractivity contribution in [3.8, 4) is 0 Å². The third-order valence-electron chi connectivity index (χ3n) is 4.67. The Balaban J connectivity index is 1.79. The molecule has 1 amide bonds. The Kier molecular flexibility index (Phi) is 5.45. The van der Waals surface area contributed by atoms with Crippen molar-refractivity contribution in [2.75, 3.05) is 24.3 Å². The fourth-order valence-corrected chi connectivity index (χ4v) is 3.17. The Morgan fingerprint density at radius 3 is 2.62 bits per heavy atom. The molecule has 0 atom stereocenters. The normalized spacial score (nSPS) is 11.7. The lowest BCUT2D eigenvalue weighted by molar-refractivity contribution is -0.137. The summed E-state index contributed by atoms with van der Waals surface area (Å²) in [5.41, 5.74) is 2.22. The SMILES string of the molecule is Cc1nc2ncnn2c(C)c1CCC(=O)Nc1cc(C(F)(F)F)ccc1N(C)C. The van der Waals surface area contributed by atoms with Crippen molar-refractivity contribution in [2.45, 2.75) is 32.9 Å². The number of benzene rings is 1. The predicted octanol–water partition coefficient (Wildman–Crippen LogP) is 3.40. The van der Waals surface area contributed by atoms with E-state index in [9.17, 15) is 18.0 Å². The van der Waals surface area contributed by atoms with E-state index in [1.165, 1.54) is 12.4 Å². The van der Waals surface area contributed by atoms with Crippen molar-refractivity contribution in [2.24, 2.45) is 0 Å². The van der Waals surface area contributed by atoms with E-state index in [-0.39, 0.29) is 18.0 Å². The third kappa shape index (κ3) is 4.30. The molecular formula is C19H21F3N6O. The first-order valence-corrected chi connectivity index (χ1v) is 8.92. The monoisotopic (exact) mass is 406 g/mol. The van der Waals surface area contributed by atoms with Crippen LogP contribution in [0.3, 0.4) is 0 Å².